The fraction of sp³-hybridized carbons (Fsp3) is 0.357. The van der Waals surface area contributed by atoms with E-state index in [0.29, 0.717) is 6.61 Å². The Morgan fingerprint density at radius 2 is 2.32 bits per heavy atom. The van der Waals surface area contributed by atoms with E-state index in [9.17, 15) is 14.9 Å². The smallest absolute Gasteiger partial charge is 0.270 e. The number of ether oxygens (including phenoxy) is 2. The monoisotopic (exact) mass is 308 g/mol. The average Bonchev–Trinajstić information content (AvgIpc) is 2.50. The quantitative estimate of drug-likeness (QED) is 0.349. The summed E-state index contributed by atoms with van der Waals surface area (Å²) in [4.78, 5) is 22.8. The molecule has 0 radical (unpaired) electrons. The van der Waals surface area contributed by atoms with E-state index in [1.807, 2.05) is 0 Å². The van der Waals surface area contributed by atoms with Crippen molar-refractivity contribution in [3.8, 4) is 5.75 Å². The fourth-order valence-corrected chi connectivity index (χ4v) is 2.01. The summed E-state index contributed by atoms with van der Waals surface area (Å²) in [5.41, 5.74) is 0.124. The Morgan fingerprint density at radius 1 is 1.55 bits per heavy atom. The zero-order valence-electron chi connectivity index (χ0n) is 11.9. The number of hydrogen-bond donors (Lipinski definition) is 2. The summed E-state index contributed by atoms with van der Waals surface area (Å²) >= 11 is 0. The van der Waals surface area contributed by atoms with Crippen LogP contribution in [0, 0.1) is 10.1 Å². The third kappa shape index (κ3) is 3.23. The van der Waals surface area contributed by atoms with Gasteiger partial charge in [-0.2, -0.15) is 0 Å². The number of carbonyl (C=O) groups excluding carboxylic acids is 1. The van der Waals surface area contributed by atoms with Crippen molar-refractivity contribution >= 4 is 11.5 Å². The topological polar surface area (TPSA) is 111 Å². The molecule has 0 saturated heterocycles. The van der Waals surface area contributed by atoms with Gasteiger partial charge >= 0.3 is 0 Å². The minimum absolute atomic E-state index is 0.0970. The van der Waals surface area contributed by atoms with E-state index in [1.165, 1.54) is 24.4 Å². The summed E-state index contributed by atoms with van der Waals surface area (Å²) in [6.07, 6.45) is 0.512. The Kier molecular flexibility index (Phi) is 5.08. The number of rotatable bonds is 6. The summed E-state index contributed by atoms with van der Waals surface area (Å²) in [5, 5.41) is 22.4. The molecule has 0 fully saturated rings. The number of non-ortho nitro benzene ring substituents is 1. The number of carbonyl (C=O) groups is 1. The van der Waals surface area contributed by atoms with Crippen molar-refractivity contribution in [2.45, 2.75) is 13.2 Å². The van der Waals surface area contributed by atoms with Crippen LogP contribution >= 0.6 is 0 Å². The van der Waals surface area contributed by atoms with Crippen LogP contribution in [-0.2, 0) is 4.74 Å². The molecule has 1 atom stereocenters. The number of nitrogens with one attached hydrogen (secondary N) is 1. The van der Waals surface area contributed by atoms with E-state index < -0.39 is 17.0 Å². The molecule has 8 nitrogen and oxygen atoms in total. The first kappa shape index (κ1) is 15.9. The molecule has 1 aliphatic heterocycles. The number of nitro groups is 1. The van der Waals surface area contributed by atoms with Gasteiger partial charge in [-0.25, -0.2) is 0 Å². The van der Waals surface area contributed by atoms with Crippen LogP contribution in [0.25, 0.3) is 0 Å². The molecule has 0 spiro atoms. The molecule has 1 aliphatic rings. The van der Waals surface area contributed by atoms with Gasteiger partial charge < -0.3 is 19.9 Å². The second-order valence-corrected chi connectivity index (χ2v) is 4.45. The van der Waals surface area contributed by atoms with E-state index >= 15 is 0 Å². The molecule has 0 bridgehead atoms. The number of Topliss-reactive ketones (excluding diaryl/α,β-unsaturated/α-hetero) is 1. The summed E-state index contributed by atoms with van der Waals surface area (Å²) in [6, 6.07) is 3.84. The van der Waals surface area contributed by atoms with Crippen LogP contribution in [0.4, 0.5) is 5.69 Å². The maximum Gasteiger partial charge on any atom is 0.270 e. The van der Waals surface area contributed by atoms with Gasteiger partial charge in [0.05, 0.1) is 22.7 Å². The van der Waals surface area contributed by atoms with Gasteiger partial charge in [0.15, 0.2) is 0 Å². The fourth-order valence-electron chi connectivity index (χ4n) is 2.01. The van der Waals surface area contributed by atoms with Gasteiger partial charge in [-0.15, -0.1) is 0 Å². The number of ketones is 1. The van der Waals surface area contributed by atoms with Crippen LogP contribution in [0.2, 0.25) is 0 Å². The molecular formula is C14H16N2O6. The molecule has 1 aromatic carbocycles. The molecule has 8 heteroatoms. The van der Waals surface area contributed by atoms with Gasteiger partial charge in [-0.1, -0.05) is 0 Å². The van der Waals surface area contributed by atoms with Gasteiger partial charge in [0.1, 0.15) is 5.75 Å². The van der Waals surface area contributed by atoms with Crippen LogP contribution in [0.5, 0.6) is 5.75 Å². The largest absolute Gasteiger partial charge is 0.460 e. The number of nitrogens with zero attached hydrogens (tertiary/aromatic N) is 1. The average molecular weight is 308 g/mol. The molecular weight excluding hydrogens is 292 g/mol. The lowest BCUT2D eigenvalue weighted by Crippen LogP contribution is -2.34. The number of hydrogen-bond acceptors (Lipinski definition) is 7. The number of aliphatic hydroxyl groups excluding tert-OH is 1. The maximum absolute atomic E-state index is 12.5. The lowest BCUT2D eigenvalue weighted by molar-refractivity contribution is -0.384. The molecule has 118 valence electrons. The molecule has 0 unspecified atom stereocenters. The molecule has 0 amide bonds. The van der Waals surface area contributed by atoms with Gasteiger partial charge in [-0.05, 0) is 13.0 Å². The molecule has 0 saturated carbocycles. The highest BCUT2D eigenvalue weighted by molar-refractivity contribution is 6.12. The Labute approximate surface area is 126 Å². The Hall–Kier alpha value is -2.45. The van der Waals surface area contributed by atoms with Gasteiger partial charge in [0, 0.05) is 31.5 Å². The molecule has 2 rings (SSSR count). The molecule has 22 heavy (non-hydrogen) atoms. The van der Waals surface area contributed by atoms with E-state index in [1.54, 1.807) is 6.92 Å². The maximum atomic E-state index is 12.5. The summed E-state index contributed by atoms with van der Waals surface area (Å²) in [7, 11) is 0. The Balaban J connectivity index is 2.38. The van der Waals surface area contributed by atoms with Crippen LogP contribution in [0.15, 0.2) is 30.0 Å². The number of nitro benzene ring substituents is 1. The molecule has 2 N–H and O–H groups in total. The van der Waals surface area contributed by atoms with Crippen molar-refractivity contribution in [2.75, 3.05) is 19.8 Å². The van der Waals surface area contributed by atoms with Crippen molar-refractivity contribution in [3.05, 3.63) is 45.6 Å². The number of benzene rings is 1. The lowest BCUT2D eigenvalue weighted by atomic mass is 9.99. The first-order valence-corrected chi connectivity index (χ1v) is 6.74. The Morgan fingerprint density at radius 3 is 2.95 bits per heavy atom. The SMILES string of the molecule is CCO[C@H]1Oc2ccc([N+](=O)[O-])cc2C(=O)/C1=C/NCCO. The molecule has 0 aliphatic carbocycles. The third-order valence-corrected chi connectivity index (χ3v) is 3.00. The van der Waals surface area contributed by atoms with Crippen molar-refractivity contribution in [3.63, 3.8) is 0 Å². The second kappa shape index (κ2) is 7.01. The minimum Gasteiger partial charge on any atom is -0.460 e. The van der Waals surface area contributed by atoms with Crippen molar-refractivity contribution in [2.24, 2.45) is 0 Å². The van der Waals surface area contributed by atoms with E-state index in [4.69, 9.17) is 14.6 Å². The highest BCUT2D eigenvalue weighted by Crippen LogP contribution is 2.33. The number of fused-ring (bicyclic) bond motifs is 1. The van der Waals surface area contributed by atoms with Crippen LogP contribution in [0.3, 0.4) is 0 Å². The highest BCUT2D eigenvalue weighted by atomic mass is 16.7. The highest BCUT2D eigenvalue weighted by Gasteiger charge is 2.33. The van der Waals surface area contributed by atoms with Gasteiger partial charge in [0.2, 0.25) is 12.1 Å². The first-order valence-electron chi connectivity index (χ1n) is 6.74. The Bertz CT molecular complexity index is 613. The zero-order valence-corrected chi connectivity index (χ0v) is 11.9. The molecule has 1 heterocycles. The molecule has 0 aromatic heterocycles. The van der Waals surface area contributed by atoms with Crippen molar-refractivity contribution in [1.82, 2.24) is 5.32 Å². The van der Waals surface area contributed by atoms with Crippen LogP contribution in [0.1, 0.15) is 17.3 Å². The van der Waals surface area contributed by atoms with Crippen LogP contribution in [-0.4, -0.2) is 41.9 Å². The minimum atomic E-state index is -0.891. The third-order valence-electron chi connectivity index (χ3n) is 3.00. The predicted molar refractivity (Wildman–Crippen MR) is 76.6 cm³/mol. The van der Waals surface area contributed by atoms with E-state index in [-0.39, 0.29) is 35.7 Å². The predicted octanol–water partition coefficient (Wildman–Crippen LogP) is 0.998. The van der Waals surface area contributed by atoms with Gasteiger partial charge in [0.25, 0.3) is 5.69 Å². The lowest BCUT2D eigenvalue weighted by Gasteiger charge is -2.27. The summed E-state index contributed by atoms with van der Waals surface area (Å²) in [5.74, 6) is -0.165. The summed E-state index contributed by atoms with van der Waals surface area (Å²) in [6.45, 7) is 2.26. The standard InChI is InChI=1S/C14H16N2O6/c1-2-21-14-11(8-15-5-6-17)13(18)10-7-9(16(19)20)3-4-12(10)22-14/h3-4,7-8,14-15,17H,2,5-6H2,1H3/b11-8-/t14-/m0/s1. The van der Waals surface area contributed by atoms with E-state index in [0.717, 1.165) is 0 Å². The van der Waals surface area contributed by atoms with Crippen molar-refractivity contribution < 1.29 is 24.3 Å². The van der Waals surface area contributed by atoms with E-state index in [2.05, 4.69) is 5.32 Å². The summed E-state index contributed by atoms with van der Waals surface area (Å²) < 4.78 is 11.0. The zero-order chi connectivity index (χ0) is 16.1. The normalized spacial score (nSPS) is 18.7. The first-order chi connectivity index (χ1) is 10.6. The molecule has 1 aromatic rings. The van der Waals surface area contributed by atoms with Crippen LogP contribution < -0.4 is 10.1 Å². The van der Waals surface area contributed by atoms with Gasteiger partial charge in [-0.3, -0.25) is 14.9 Å². The number of aliphatic hydroxyl groups is 1. The second-order valence-electron chi connectivity index (χ2n) is 4.45. The van der Waals surface area contributed by atoms with Crippen molar-refractivity contribution in [1.29, 1.82) is 0 Å².